The van der Waals surface area contributed by atoms with Crippen molar-refractivity contribution in [2.24, 2.45) is 0 Å². The van der Waals surface area contributed by atoms with Crippen LogP contribution >= 0.6 is 0 Å². The van der Waals surface area contributed by atoms with Gasteiger partial charge in [-0.15, -0.1) is 0 Å². The van der Waals surface area contributed by atoms with E-state index in [1.165, 1.54) is 13.8 Å². The van der Waals surface area contributed by atoms with Crippen molar-refractivity contribution in [3.05, 3.63) is 17.0 Å². The molecule has 1 rings (SSSR count). The van der Waals surface area contributed by atoms with Crippen LogP contribution < -0.4 is 4.72 Å². The van der Waals surface area contributed by atoms with Crippen molar-refractivity contribution < 1.29 is 22.5 Å². The Bertz CT molecular complexity index is 663. The number of aromatic carboxylic acids is 1. The Balaban J connectivity index is 2.94. The van der Waals surface area contributed by atoms with Gasteiger partial charge in [-0.1, -0.05) is 6.92 Å². The summed E-state index contributed by atoms with van der Waals surface area (Å²) in [6, 6.07) is 0. The molecule has 0 saturated carbocycles. The van der Waals surface area contributed by atoms with Gasteiger partial charge in [0.15, 0.2) is 0 Å². The Morgan fingerprint density at radius 3 is 2.43 bits per heavy atom. The number of hydrogen-bond acceptors (Lipinski definition) is 4. The summed E-state index contributed by atoms with van der Waals surface area (Å²) < 4.78 is 38.2. The molecule has 0 amide bonds. The zero-order chi connectivity index (χ0) is 16.4. The second-order valence-corrected chi connectivity index (χ2v) is 8.39. The zero-order valence-electron chi connectivity index (χ0n) is 12.4. The monoisotopic (exact) mass is 336 g/mol. The minimum atomic E-state index is -3.80. The summed E-state index contributed by atoms with van der Waals surface area (Å²) in [7, 11) is -4.81. The van der Waals surface area contributed by atoms with Crippen LogP contribution in [0.2, 0.25) is 0 Å². The lowest BCUT2D eigenvalue weighted by atomic mass is 10.2. The van der Waals surface area contributed by atoms with E-state index in [-0.39, 0.29) is 33.6 Å². The maximum Gasteiger partial charge on any atom is 0.352 e. The molecule has 2 unspecified atom stereocenters. The highest BCUT2D eigenvalue weighted by Crippen LogP contribution is 2.23. The number of rotatable bonds is 7. The lowest BCUT2D eigenvalue weighted by Crippen LogP contribution is -2.28. The molecule has 0 bridgehead atoms. The fourth-order valence-electron chi connectivity index (χ4n) is 1.98. The molecule has 1 aromatic heterocycles. The molecule has 0 aliphatic heterocycles. The van der Waals surface area contributed by atoms with Gasteiger partial charge in [0.1, 0.15) is 10.6 Å². The van der Waals surface area contributed by atoms with Crippen LogP contribution in [0.25, 0.3) is 0 Å². The molecule has 9 heteroatoms. The lowest BCUT2D eigenvalue weighted by molar-refractivity contribution is 0.0690. The van der Waals surface area contributed by atoms with E-state index in [1.807, 2.05) is 0 Å². The van der Waals surface area contributed by atoms with E-state index in [4.69, 9.17) is 5.11 Å². The number of aryl methyl sites for hydroxylation is 1. The number of hydrogen-bond donors (Lipinski definition) is 3. The van der Waals surface area contributed by atoms with E-state index in [0.717, 1.165) is 0 Å². The van der Waals surface area contributed by atoms with Gasteiger partial charge in [-0.05, 0) is 20.3 Å². The van der Waals surface area contributed by atoms with E-state index in [1.54, 1.807) is 13.2 Å². The van der Waals surface area contributed by atoms with Gasteiger partial charge in [-0.25, -0.2) is 17.9 Å². The second kappa shape index (κ2) is 6.71. The predicted molar refractivity (Wildman–Crippen MR) is 80.6 cm³/mol. The zero-order valence-corrected chi connectivity index (χ0v) is 14.0. The van der Waals surface area contributed by atoms with E-state index in [0.29, 0.717) is 6.42 Å². The summed E-state index contributed by atoms with van der Waals surface area (Å²) in [5, 5.41) is 8.88. The largest absolute Gasteiger partial charge is 0.477 e. The molecular formula is C12H20N2O5S2. The second-order valence-electron chi connectivity index (χ2n) is 4.88. The number of carbonyl (C=O) groups is 1. The summed E-state index contributed by atoms with van der Waals surface area (Å²) in [6.07, 6.45) is 2.01. The van der Waals surface area contributed by atoms with Crippen LogP contribution in [-0.4, -0.2) is 46.7 Å². The Morgan fingerprint density at radius 2 is 2.00 bits per heavy atom. The van der Waals surface area contributed by atoms with Crippen molar-refractivity contribution in [2.75, 3.05) is 12.8 Å². The lowest BCUT2D eigenvalue weighted by Gasteiger charge is -2.10. The Morgan fingerprint density at radius 1 is 1.43 bits per heavy atom. The maximum absolute atomic E-state index is 12.3. The minimum Gasteiger partial charge on any atom is -0.477 e. The van der Waals surface area contributed by atoms with Gasteiger partial charge < -0.3 is 10.1 Å². The normalized spacial score (nSPS) is 14.9. The average Bonchev–Trinajstić information content (AvgIpc) is 2.64. The van der Waals surface area contributed by atoms with Gasteiger partial charge in [-0.2, -0.15) is 0 Å². The molecule has 2 atom stereocenters. The highest BCUT2D eigenvalue weighted by atomic mass is 32.2. The molecular weight excluding hydrogens is 316 g/mol. The third kappa shape index (κ3) is 4.14. The number of H-pyrrole nitrogens is 1. The molecule has 0 saturated heterocycles. The maximum atomic E-state index is 12.3. The van der Waals surface area contributed by atoms with Crippen molar-refractivity contribution in [2.45, 2.75) is 37.3 Å². The number of carboxylic acids is 1. The first-order valence-corrected chi connectivity index (χ1v) is 9.42. The molecule has 7 nitrogen and oxygen atoms in total. The third-order valence-electron chi connectivity index (χ3n) is 3.26. The van der Waals surface area contributed by atoms with Crippen LogP contribution in [0.4, 0.5) is 0 Å². The summed E-state index contributed by atoms with van der Waals surface area (Å²) in [5.41, 5.74) is 0.333. The van der Waals surface area contributed by atoms with Crippen molar-refractivity contribution in [1.29, 1.82) is 0 Å². The molecule has 21 heavy (non-hydrogen) atoms. The van der Waals surface area contributed by atoms with Crippen molar-refractivity contribution in [3.8, 4) is 0 Å². The predicted octanol–water partition coefficient (Wildman–Crippen LogP) is 0.765. The SMILES string of the molecule is Cc1[nH]c(C(=O)O)c(C)c1S(=O)(=O)NCCC(C)S(C)=O. The first kappa shape index (κ1) is 17.9. The standard InChI is InChI=1S/C12H20N2O5S2/c1-7(20(4)17)5-6-13-21(18,19)11-8(2)10(12(15)16)14-9(11)3/h7,13-14H,5-6H2,1-4H3,(H,15,16). The Labute approximate surface area is 126 Å². The number of aromatic amines is 1. The summed E-state index contributed by atoms with van der Waals surface area (Å²) >= 11 is 0. The van der Waals surface area contributed by atoms with Gasteiger partial charge in [0.25, 0.3) is 0 Å². The van der Waals surface area contributed by atoms with Gasteiger partial charge >= 0.3 is 5.97 Å². The van der Waals surface area contributed by atoms with Crippen LogP contribution in [0.3, 0.4) is 0 Å². The molecule has 1 aromatic rings. The van der Waals surface area contributed by atoms with E-state index in [9.17, 15) is 17.4 Å². The summed E-state index contributed by atoms with van der Waals surface area (Å²) in [6.45, 7) is 4.89. The topological polar surface area (TPSA) is 116 Å². The van der Waals surface area contributed by atoms with Crippen molar-refractivity contribution >= 4 is 26.8 Å². The first-order chi connectivity index (χ1) is 9.58. The van der Waals surface area contributed by atoms with Crippen LogP contribution in [0.5, 0.6) is 0 Å². The third-order valence-corrected chi connectivity index (χ3v) is 6.36. The molecule has 0 radical (unpaired) electrons. The molecule has 0 aliphatic carbocycles. The Hall–Kier alpha value is -1.19. The van der Waals surface area contributed by atoms with Crippen LogP contribution in [0, 0.1) is 13.8 Å². The molecule has 0 fully saturated rings. The van der Waals surface area contributed by atoms with Crippen molar-refractivity contribution in [3.63, 3.8) is 0 Å². The molecule has 0 spiro atoms. The number of carboxylic acid groups (broad SMARTS) is 1. The van der Waals surface area contributed by atoms with Crippen LogP contribution in [0.1, 0.15) is 35.1 Å². The summed E-state index contributed by atoms with van der Waals surface area (Å²) in [5.74, 6) is -1.20. The minimum absolute atomic E-state index is 0.0369. The highest BCUT2D eigenvalue weighted by Gasteiger charge is 2.26. The first-order valence-electron chi connectivity index (χ1n) is 6.32. The highest BCUT2D eigenvalue weighted by molar-refractivity contribution is 7.89. The molecule has 0 aromatic carbocycles. The molecule has 3 N–H and O–H groups in total. The number of sulfonamides is 1. The van der Waals surface area contributed by atoms with Gasteiger partial charge in [0.05, 0.1) is 0 Å². The Kier molecular flexibility index (Phi) is 5.71. The van der Waals surface area contributed by atoms with Crippen molar-refractivity contribution in [1.82, 2.24) is 9.71 Å². The van der Waals surface area contributed by atoms with Crippen LogP contribution in [0.15, 0.2) is 4.90 Å². The molecule has 0 aliphatic rings. The number of aromatic nitrogens is 1. The molecule has 1 heterocycles. The van der Waals surface area contributed by atoms with E-state index >= 15 is 0 Å². The van der Waals surface area contributed by atoms with E-state index in [2.05, 4.69) is 9.71 Å². The van der Waals surface area contributed by atoms with Gasteiger partial charge in [0, 0.05) is 40.1 Å². The fourth-order valence-corrected chi connectivity index (χ4v) is 3.92. The van der Waals surface area contributed by atoms with E-state index < -0.39 is 26.8 Å². The fraction of sp³-hybridized carbons (Fsp3) is 0.583. The quantitative estimate of drug-likeness (QED) is 0.680. The smallest absolute Gasteiger partial charge is 0.352 e. The number of nitrogens with one attached hydrogen (secondary N) is 2. The average molecular weight is 336 g/mol. The van der Waals surface area contributed by atoms with Gasteiger partial charge in [0.2, 0.25) is 10.0 Å². The molecule has 120 valence electrons. The van der Waals surface area contributed by atoms with Gasteiger partial charge in [-0.3, -0.25) is 4.21 Å². The summed E-state index contributed by atoms with van der Waals surface area (Å²) in [4.78, 5) is 13.5. The van der Waals surface area contributed by atoms with Crippen LogP contribution in [-0.2, 0) is 20.8 Å².